The number of nitrogens with zero attached hydrogens (tertiary/aromatic N) is 2. The molecule has 0 radical (unpaired) electrons. The summed E-state index contributed by atoms with van der Waals surface area (Å²) in [5, 5.41) is 6.19. The van der Waals surface area contributed by atoms with Gasteiger partial charge >= 0.3 is 5.97 Å². The lowest BCUT2D eigenvalue weighted by Gasteiger charge is -2.10. The third-order valence-corrected chi connectivity index (χ3v) is 6.56. The largest absolute Gasteiger partial charge is 0.494 e. The number of fused-ring (bicyclic) bond motifs is 1. The van der Waals surface area contributed by atoms with Gasteiger partial charge in [0, 0.05) is 28.7 Å². The quantitative estimate of drug-likeness (QED) is 0.219. The zero-order valence-corrected chi connectivity index (χ0v) is 20.8. The Hall–Kier alpha value is -3.25. The Morgan fingerprint density at radius 3 is 2.62 bits per heavy atom. The fraction of sp³-hybridized carbons (Fsp3) is 0.333. The van der Waals surface area contributed by atoms with Gasteiger partial charge in [0.15, 0.2) is 0 Å². The summed E-state index contributed by atoms with van der Waals surface area (Å²) < 4.78 is 13.3. The van der Waals surface area contributed by atoms with Gasteiger partial charge in [0.05, 0.1) is 24.4 Å². The van der Waals surface area contributed by atoms with Gasteiger partial charge in [-0.1, -0.05) is 29.8 Å². The summed E-state index contributed by atoms with van der Waals surface area (Å²) in [5.41, 5.74) is 6.38. The molecule has 0 unspecified atom stereocenters. The second kappa shape index (κ2) is 10.3. The zero-order valence-electron chi connectivity index (χ0n) is 20.1. The molecule has 0 saturated carbocycles. The van der Waals surface area contributed by atoms with Gasteiger partial charge in [-0.25, -0.2) is 4.79 Å². The Kier molecular flexibility index (Phi) is 7.27. The van der Waals surface area contributed by atoms with Gasteiger partial charge in [0.1, 0.15) is 11.4 Å². The Morgan fingerprint density at radius 2 is 1.91 bits per heavy atom. The number of ether oxygens (including phenoxy) is 2. The highest BCUT2D eigenvalue weighted by Crippen LogP contribution is 2.33. The third kappa shape index (κ3) is 4.68. The SMILES string of the molecule is CCOC(=O)c1[nH]c2c(-c3ccnn3CC)cccc2c1CCCOc1cc(C)c(Cl)c(C)c1. The summed E-state index contributed by atoms with van der Waals surface area (Å²) >= 11 is 6.27. The summed E-state index contributed by atoms with van der Waals surface area (Å²) in [4.78, 5) is 16.2. The standard InChI is InChI=1S/C27H30ClN3O3/c1-5-31-23(12-13-29-31)22-10-7-9-20-21(26(30-25(20)22)27(32)33-6-2)11-8-14-34-19-15-17(3)24(28)18(4)16-19/h7,9-10,12-13,15-16,30H,5-6,8,11,14H2,1-4H3. The third-order valence-electron chi connectivity index (χ3n) is 5.96. The highest BCUT2D eigenvalue weighted by atomic mass is 35.5. The van der Waals surface area contributed by atoms with E-state index < -0.39 is 0 Å². The molecule has 0 amide bonds. The van der Waals surface area contributed by atoms with Crippen molar-refractivity contribution >= 4 is 28.5 Å². The van der Waals surface area contributed by atoms with Crippen LogP contribution in [0.5, 0.6) is 5.75 Å². The summed E-state index contributed by atoms with van der Waals surface area (Å²) in [6, 6.07) is 12.0. The van der Waals surface area contributed by atoms with Crippen LogP contribution in [0.2, 0.25) is 5.02 Å². The van der Waals surface area contributed by atoms with Crippen molar-refractivity contribution < 1.29 is 14.3 Å². The molecule has 2 aromatic carbocycles. The van der Waals surface area contributed by atoms with Gasteiger partial charge < -0.3 is 14.5 Å². The minimum absolute atomic E-state index is 0.321. The van der Waals surface area contributed by atoms with Gasteiger partial charge in [-0.3, -0.25) is 4.68 Å². The van der Waals surface area contributed by atoms with Gasteiger partial charge in [-0.15, -0.1) is 0 Å². The molecule has 0 saturated heterocycles. The summed E-state index contributed by atoms with van der Waals surface area (Å²) in [6.45, 7) is 9.43. The number of carbonyl (C=O) groups is 1. The molecule has 0 aliphatic carbocycles. The van der Waals surface area contributed by atoms with Crippen LogP contribution in [0.4, 0.5) is 0 Å². The van der Waals surface area contributed by atoms with E-state index >= 15 is 0 Å². The number of esters is 1. The molecule has 34 heavy (non-hydrogen) atoms. The molecule has 0 aliphatic rings. The Morgan fingerprint density at radius 1 is 1.15 bits per heavy atom. The smallest absolute Gasteiger partial charge is 0.355 e. The molecule has 2 aromatic heterocycles. The number of hydrogen-bond acceptors (Lipinski definition) is 4. The molecule has 178 valence electrons. The number of carbonyl (C=O) groups excluding carboxylic acids is 1. The number of hydrogen-bond donors (Lipinski definition) is 1. The lowest BCUT2D eigenvalue weighted by Crippen LogP contribution is -2.09. The zero-order chi connectivity index (χ0) is 24.2. The normalized spacial score (nSPS) is 11.2. The minimum Gasteiger partial charge on any atom is -0.494 e. The molecule has 6 nitrogen and oxygen atoms in total. The average molecular weight is 480 g/mol. The maximum Gasteiger partial charge on any atom is 0.355 e. The minimum atomic E-state index is -0.339. The predicted molar refractivity (Wildman–Crippen MR) is 136 cm³/mol. The number of aryl methyl sites for hydroxylation is 4. The van der Waals surface area contributed by atoms with Crippen LogP contribution in [-0.2, 0) is 17.7 Å². The monoisotopic (exact) mass is 479 g/mol. The average Bonchev–Trinajstić information content (AvgIpc) is 3.45. The number of benzene rings is 2. The Balaban J connectivity index is 1.62. The number of rotatable bonds is 9. The van der Waals surface area contributed by atoms with Crippen LogP contribution in [-0.4, -0.2) is 33.9 Å². The van der Waals surface area contributed by atoms with E-state index in [9.17, 15) is 4.79 Å². The van der Waals surface area contributed by atoms with E-state index in [2.05, 4.69) is 23.1 Å². The highest BCUT2D eigenvalue weighted by Gasteiger charge is 2.21. The molecule has 0 bridgehead atoms. The summed E-state index contributed by atoms with van der Waals surface area (Å²) in [6.07, 6.45) is 3.22. The lowest BCUT2D eigenvalue weighted by atomic mass is 10.0. The lowest BCUT2D eigenvalue weighted by molar-refractivity contribution is 0.0519. The van der Waals surface area contributed by atoms with Crippen LogP contribution >= 0.6 is 11.6 Å². The van der Waals surface area contributed by atoms with Gasteiger partial charge in [-0.05, 0) is 75.4 Å². The van der Waals surface area contributed by atoms with Crippen molar-refractivity contribution in [2.75, 3.05) is 13.2 Å². The first-order chi connectivity index (χ1) is 16.4. The first kappa shape index (κ1) is 23.9. The number of aromatic amines is 1. The number of para-hydroxylation sites is 1. The number of nitrogens with one attached hydrogen (secondary N) is 1. The van der Waals surface area contributed by atoms with E-state index in [4.69, 9.17) is 21.1 Å². The fourth-order valence-corrected chi connectivity index (χ4v) is 4.48. The first-order valence-electron chi connectivity index (χ1n) is 11.7. The van der Waals surface area contributed by atoms with Crippen molar-refractivity contribution in [1.82, 2.24) is 14.8 Å². The van der Waals surface area contributed by atoms with E-state index in [1.165, 1.54) is 0 Å². The van der Waals surface area contributed by atoms with E-state index in [-0.39, 0.29) is 5.97 Å². The van der Waals surface area contributed by atoms with Crippen molar-refractivity contribution in [3.05, 3.63) is 70.0 Å². The molecule has 7 heteroatoms. The molecule has 2 heterocycles. The van der Waals surface area contributed by atoms with Crippen LogP contribution < -0.4 is 4.74 Å². The molecule has 4 rings (SSSR count). The molecule has 1 N–H and O–H groups in total. The molecular formula is C27H30ClN3O3. The van der Waals surface area contributed by atoms with Crippen LogP contribution in [0.3, 0.4) is 0 Å². The van der Waals surface area contributed by atoms with E-state index in [0.29, 0.717) is 25.3 Å². The van der Waals surface area contributed by atoms with Crippen molar-refractivity contribution in [2.45, 2.75) is 47.1 Å². The van der Waals surface area contributed by atoms with Gasteiger partial charge in [-0.2, -0.15) is 5.10 Å². The van der Waals surface area contributed by atoms with Gasteiger partial charge in [0.2, 0.25) is 0 Å². The van der Waals surface area contributed by atoms with E-state index in [0.717, 1.165) is 62.6 Å². The summed E-state index contributed by atoms with van der Waals surface area (Å²) in [5.74, 6) is 0.465. The maximum absolute atomic E-state index is 12.8. The molecule has 0 atom stereocenters. The molecule has 0 aliphatic heterocycles. The molecule has 0 fully saturated rings. The Bertz CT molecular complexity index is 1300. The first-order valence-corrected chi connectivity index (χ1v) is 12.0. The predicted octanol–water partition coefficient (Wildman–Crippen LogP) is 6.51. The highest BCUT2D eigenvalue weighted by molar-refractivity contribution is 6.32. The molecule has 4 aromatic rings. The van der Waals surface area contributed by atoms with Crippen molar-refractivity contribution in [2.24, 2.45) is 0 Å². The topological polar surface area (TPSA) is 69.1 Å². The molecular weight excluding hydrogens is 450 g/mol. The van der Waals surface area contributed by atoms with E-state index in [1.54, 1.807) is 6.20 Å². The van der Waals surface area contributed by atoms with Crippen molar-refractivity contribution in [3.8, 4) is 17.0 Å². The fourth-order valence-electron chi connectivity index (χ4n) is 4.37. The summed E-state index contributed by atoms with van der Waals surface area (Å²) in [7, 11) is 0. The number of halogens is 1. The Labute approximate surface area is 204 Å². The van der Waals surface area contributed by atoms with E-state index in [1.807, 2.05) is 55.8 Å². The number of aromatic nitrogens is 3. The second-order valence-corrected chi connectivity index (χ2v) is 8.66. The van der Waals surface area contributed by atoms with Crippen LogP contribution in [0.25, 0.3) is 22.2 Å². The van der Waals surface area contributed by atoms with Crippen molar-refractivity contribution in [3.63, 3.8) is 0 Å². The van der Waals surface area contributed by atoms with Crippen LogP contribution in [0, 0.1) is 13.8 Å². The number of H-pyrrole nitrogens is 1. The maximum atomic E-state index is 12.8. The second-order valence-electron chi connectivity index (χ2n) is 8.28. The van der Waals surface area contributed by atoms with Gasteiger partial charge in [0.25, 0.3) is 0 Å². The van der Waals surface area contributed by atoms with Crippen LogP contribution in [0.1, 0.15) is 47.4 Å². The van der Waals surface area contributed by atoms with Crippen molar-refractivity contribution in [1.29, 1.82) is 0 Å². The molecule has 0 spiro atoms. The van der Waals surface area contributed by atoms with Crippen LogP contribution in [0.15, 0.2) is 42.6 Å².